The van der Waals surface area contributed by atoms with E-state index in [4.69, 9.17) is 10.7 Å². The number of aliphatic imine (C=N–C) groups is 1. The monoisotopic (exact) mass is 521 g/mol. The number of allylic oxidation sites excluding steroid dienone is 1. The quantitative estimate of drug-likeness (QED) is 0.500. The minimum atomic E-state index is -0.973. The molecule has 2 aromatic rings. The lowest BCUT2D eigenvalue weighted by Crippen LogP contribution is -2.50. The average molecular weight is 522 g/mol. The number of nitrogens with two attached hydrogens (primary N) is 1. The highest BCUT2D eigenvalue weighted by Gasteiger charge is 2.28. The summed E-state index contributed by atoms with van der Waals surface area (Å²) in [6, 6.07) is 0.789. The van der Waals surface area contributed by atoms with Gasteiger partial charge in [0.1, 0.15) is 6.04 Å². The van der Waals surface area contributed by atoms with Crippen molar-refractivity contribution in [1.82, 2.24) is 25.0 Å². The largest absolute Gasteiger partial charge is 0.391 e. The second-order valence-corrected chi connectivity index (χ2v) is 10.2. The minimum Gasteiger partial charge on any atom is -0.391 e. The molecule has 0 bridgehead atoms. The Morgan fingerprint density at radius 2 is 2.00 bits per heavy atom. The van der Waals surface area contributed by atoms with Crippen molar-refractivity contribution >= 4 is 40.0 Å². The van der Waals surface area contributed by atoms with Gasteiger partial charge < -0.3 is 21.1 Å². The van der Waals surface area contributed by atoms with Gasteiger partial charge in [-0.25, -0.2) is 14.7 Å². The number of hydrogen-bond acceptors (Lipinski definition) is 7. The molecule has 0 saturated carbocycles. The first-order valence-corrected chi connectivity index (χ1v) is 12.8. The lowest BCUT2D eigenvalue weighted by molar-refractivity contribution is -0.134. The highest BCUT2D eigenvalue weighted by Crippen LogP contribution is 2.28. The van der Waals surface area contributed by atoms with E-state index in [1.807, 2.05) is 32.9 Å². The third-order valence-corrected chi connectivity index (χ3v) is 6.99. The first kappa shape index (κ1) is 27.3. The van der Waals surface area contributed by atoms with Crippen LogP contribution in [0.2, 0.25) is 0 Å². The number of carbonyl (C=O) groups is 3. The molecule has 2 aliphatic heterocycles. The zero-order valence-electron chi connectivity index (χ0n) is 22.4. The molecule has 4 N–H and O–H groups in total. The number of rotatable bonds is 7. The van der Waals surface area contributed by atoms with Crippen molar-refractivity contribution in [3.63, 3.8) is 0 Å². The fourth-order valence-electron chi connectivity index (χ4n) is 4.71. The van der Waals surface area contributed by atoms with Gasteiger partial charge >= 0.3 is 0 Å². The number of fused-ring (bicyclic) bond motifs is 1. The van der Waals surface area contributed by atoms with Crippen LogP contribution in [0.4, 0.5) is 0 Å². The van der Waals surface area contributed by atoms with Crippen LogP contribution < -0.4 is 11.1 Å². The molecule has 0 fully saturated rings. The van der Waals surface area contributed by atoms with Gasteiger partial charge in [-0.2, -0.15) is 5.10 Å². The van der Waals surface area contributed by atoms with E-state index >= 15 is 0 Å². The van der Waals surface area contributed by atoms with Crippen molar-refractivity contribution in [3.8, 4) is 0 Å². The Bertz CT molecular complexity index is 1370. The van der Waals surface area contributed by atoms with E-state index in [0.29, 0.717) is 47.5 Å². The summed E-state index contributed by atoms with van der Waals surface area (Å²) in [6.45, 7) is 9.99. The highest BCUT2D eigenvalue weighted by atomic mass is 16.3. The van der Waals surface area contributed by atoms with Gasteiger partial charge in [-0.15, -0.1) is 0 Å². The molecule has 11 heteroatoms. The predicted octanol–water partition coefficient (Wildman–Crippen LogP) is 1.63. The summed E-state index contributed by atoms with van der Waals surface area (Å²) in [5.41, 5.74) is 9.88. The van der Waals surface area contributed by atoms with E-state index in [-0.39, 0.29) is 30.3 Å². The van der Waals surface area contributed by atoms with Gasteiger partial charge in [0.2, 0.25) is 5.91 Å². The van der Waals surface area contributed by atoms with Crippen molar-refractivity contribution in [2.45, 2.75) is 59.2 Å². The lowest BCUT2D eigenvalue weighted by Gasteiger charge is -2.29. The van der Waals surface area contributed by atoms with Crippen LogP contribution in [0.3, 0.4) is 0 Å². The molecular formula is C27H35N7O4. The average Bonchev–Trinajstić information content (AvgIpc) is 3.31. The predicted molar refractivity (Wildman–Crippen MR) is 144 cm³/mol. The fraction of sp³-hybridized carbons (Fsp3) is 0.481. The Balaban J connectivity index is 1.62. The zero-order valence-corrected chi connectivity index (χ0v) is 22.4. The van der Waals surface area contributed by atoms with Crippen LogP contribution in [-0.4, -0.2) is 80.0 Å². The van der Waals surface area contributed by atoms with E-state index < -0.39 is 18.1 Å². The Kier molecular flexibility index (Phi) is 7.89. The normalized spacial score (nSPS) is 19.7. The van der Waals surface area contributed by atoms with Gasteiger partial charge in [0.05, 0.1) is 34.9 Å². The molecule has 0 aromatic carbocycles. The number of aliphatic hydroxyl groups is 1. The number of amides is 3. The third kappa shape index (κ3) is 5.44. The van der Waals surface area contributed by atoms with Crippen molar-refractivity contribution in [2.24, 2.45) is 16.6 Å². The van der Waals surface area contributed by atoms with Crippen LogP contribution in [0.1, 0.15) is 63.1 Å². The molecule has 38 heavy (non-hydrogen) atoms. The number of hydrogen-bond donors (Lipinski definition) is 3. The summed E-state index contributed by atoms with van der Waals surface area (Å²) in [5.74, 6) is -1.41. The molecule has 3 amide bonds. The number of dihydropyridines is 1. The smallest absolute Gasteiger partial charge is 0.254 e. The van der Waals surface area contributed by atoms with Gasteiger partial charge in [-0.3, -0.25) is 14.4 Å². The molecule has 0 radical (unpaired) electrons. The Hall–Kier alpha value is -3.70. The van der Waals surface area contributed by atoms with E-state index in [1.165, 1.54) is 6.92 Å². The van der Waals surface area contributed by atoms with Gasteiger partial charge in [0.15, 0.2) is 5.65 Å². The SMILES string of the molecule is CC1=CC(C)=NC(=O)C1CNC(=O)c1cc(C2=CCN(C(=O)[C@@H](N)C(C)O)CC2)nc2c1cnn2C(C)C. The minimum absolute atomic E-state index is 0.0234. The van der Waals surface area contributed by atoms with E-state index in [1.54, 1.807) is 28.8 Å². The van der Waals surface area contributed by atoms with Crippen LogP contribution >= 0.6 is 0 Å². The number of pyridine rings is 1. The molecule has 202 valence electrons. The zero-order chi connectivity index (χ0) is 27.7. The summed E-state index contributed by atoms with van der Waals surface area (Å²) in [6.07, 6.45) is 4.97. The summed E-state index contributed by atoms with van der Waals surface area (Å²) < 4.78 is 1.77. The number of nitrogens with one attached hydrogen (secondary N) is 1. The van der Waals surface area contributed by atoms with Gasteiger partial charge in [-0.05, 0) is 58.8 Å². The van der Waals surface area contributed by atoms with E-state index in [0.717, 1.165) is 11.1 Å². The highest BCUT2D eigenvalue weighted by molar-refractivity contribution is 6.07. The maximum absolute atomic E-state index is 13.4. The summed E-state index contributed by atoms with van der Waals surface area (Å²) in [5, 5.41) is 17.7. The van der Waals surface area contributed by atoms with Crippen molar-refractivity contribution in [2.75, 3.05) is 19.6 Å². The van der Waals surface area contributed by atoms with Crippen molar-refractivity contribution in [1.29, 1.82) is 0 Å². The fourth-order valence-corrected chi connectivity index (χ4v) is 4.71. The topological polar surface area (TPSA) is 156 Å². The Labute approximate surface area is 221 Å². The molecule has 4 rings (SSSR count). The van der Waals surface area contributed by atoms with Crippen LogP contribution in [0.25, 0.3) is 16.6 Å². The van der Waals surface area contributed by atoms with Gasteiger partial charge in [0, 0.05) is 31.4 Å². The van der Waals surface area contributed by atoms with Gasteiger partial charge in [-0.1, -0.05) is 11.6 Å². The molecule has 3 atom stereocenters. The molecule has 0 spiro atoms. The summed E-state index contributed by atoms with van der Waals surface area (Å²) >= 11 is 0. The van der Waals surface area contributed by atoms with E-state index in [9.17, 15) is 19.5 Å². The standard InChI is InChI=1S/C27H35N7O4/c1-14(2)34-24-21(13-30-34)19(25(36)29-12-20-15(3)10-16(4)31-26(20)37)11-22(32-24)18-6-8-33(9-7-18)27(38)23(28)17(5)35/h6,10-11,13-14,17,20,23,35H,7-9,12,28H2,1-5H3,(H,29,36)/t17?,20?,23-/m0/s1. The first-order chi connectivity index (χ1) is 18.0. The number of nitrogens with zero attached hydrogens (tertiary/aromatic N) is 5. The third-order valence-electron chi connectivity index (χ3n) is 6.99. The molecule has 0 saturated heterocycles. The van der Waals surface area contributed by atoms with Crippen LogP contribution in [-0.2, 0) is 9.59 Å². The maximum atomic E-state index is 13.4. The lowest BCUT2D eigenvalue weighted by atomic mass is 9.95. The molecule has 2 aromatic heterocycles. The molecule has 4 heterocycles. The first-order valence-electron chi connectivity index (χ1n) is 12.8. The number of aromatic nitrogens is 3. The van der Waals surface area contributed by atoms with Crippen LogP contribution in [0.15, 0.2) is 35.0 Å². The summed E-state index contributed by atoms with van der Waals surface area (Å²) in [7, 11) is 0. The number of aliphatic hydroxyl groups excluding tert-OH is 1. The molecule has 0 aliphatic carbocycles. The Morgan fingerprint density at radius 1 is 1.26 bits per heavy atom. The van der Waals surface area contributed by atoms with Crippen molar-refractivity contribution in [3.05, 3.63) is 41.2 Å². The Morgan fingerprint density at radius 3 is 2.61 bits per heavy atom. The number of carbonyl (C=O) groups excluding carboxylic acids is 3. The molecule has 11 nitrogen and oxygen atoms in total. The molecule has 2 aliphatic rings. The maximum Gasteiger partial charge on any atom is 0.254 e. The molecular weight excluding hydrogens is 486 g/mol. The van der Waals surface area contributed by atoms with Gasteiger partial charge in [0.25, 0.3) is 11.8 Å². The van der Waals surface area contributed by atoms with E-state index in [2.05, 4.69) is 15.4 Å². The summed E-state index contributed by atoms with van der Waals surface area (Å²) in [4.78, 5) is 48.8. The second-order valence-electron chi connectivity index (χ2n) is 10.2. The van der Waals surface area contributed by atoms with Crippen LogP contribution in [0.5, 0.6) is 0 Å². The second kappa shape index (κ2) is 11.0. The van der Waals surface area contributed by atoms with Crippen molar-refractivity contribution < 1.29 is 19.5 Å². The molecule has 2 unspecified atom stereocenters. The van der Waals surface area contributed by atoms with Crippen LogP contribution in [0, 0.1) is 5.92 Å².